The molecule has 1 saturated carbocycles. The normalized spacial score (nSPS) is 25.0. The van der Waals surface area contributed by atoms with Crippen molar-refractivity contribution in [1.82, 2.24) is 5.32 Å². The first kappa shape index (κ1) is 24.2. The van der Waals surface area contributed by atoms with Gasteiger partial charge in [-0.25, -0.2) is 4.79 Å². The molecular weight excluding hydrogens is 479 g/mol. The molecule has 1 aliphatic heterocycles. The van der Waals surface area contributed by atoms with Crippen LogP contribution in [0, 0.1) is 11.8 Å². The van der Waals surface area contributed by atoms with Crippen LogP contribution in [0.25, 0.3) is 0 Å². The fraction of sp³-hybridized carbons (Fsp3) is 0.360. The average Bonchev–Trinajstić information content (AvgIpc) is 3.07. The molecule has 0 bridgehead atoms. The van der Waals surface area contributed by atoms with Gasteiger partial charge in [0.1, 0.15) is 0 Å². The van der Waals surface area contributed by atoms with Gasteiger partial charge in [0, 0.05) is 0 Å². The second-order valence-electron chi connectivity index (χ2n) is 8.55. The van der Waals surface area contributed by atoms with E-state index in [0.29, 0.717) is 18.5 Å². The zero-order valence-electron chi connectivity index (χ0n) is 18.4. The number of esters is 1. The molecule has 0 aromatic heterocycles. The first-order valence-electron chi connectivity index (χ1n) is 11.0. The van der Waals surface area contributed by atoms with E-state index < -0.39 is 30.3 Å². The van der Waals surface area contributed by atoms with Gasteiger partial charge in [-0.1, -0.05) is 30.3 Å². The molecule has 1 N–H and O–H groups in total. The highest BCUT2D eigenvalue weighted by Crippen LogP contribution is 2.43. The number of carbonyl (C=O) groups excluding carboxylic acids is 4. The monoisotopic (exact) mass is 502 g/mol. The van der Waals surface area contributed by atoms with Crippen molar-refractivity contribution < 1.29 is 23.9 Å². The van der Waals surface area contributed by atoms with Crippen LogP contribution in [-0.2, 0) is 19.1 Å². The lowest BCUT2D eigenvalue weighted by atomic mass is 9.80. The van der Waals surface area contributed by atoms with Crippen molar-refractivity contribution in [2.24, 2.45) is 11.8 Å². The Bertz CT molecular complexity index is 1060. The number of carbonyl (C=O) groups is 4. The van der Waals surface area contributed by atoms with E-state index in [0.717, 1.165) is 10.5 Å². The number of hydrogen-bond donors (Lipinski definition) is 1. The molecule has 2 aromatic rings. The summed E-state index contributed by atoms with van der Waals surface area (Å²) in [6.07, 6.45) is 0.716. The second kappa shape index (κ2) is 10.2. The smallest absolute Gasteiger partial charge is 0.338 e. The van der Waals surface area contributed by atoms with Gasteiger partial charge >= 0.3 is 5.97 Å². The van der Waals surface area contributed by atoms with Gasteiger partial charge in [0.25, 0.3) is 5.91 Å². The van der Waals surface area contributed by atoms with Crippen LogP contribution < -0.4 is 10.2 Å². The van der Waals surface area contributed by atoms with Crippen molar-refractivity contribution in [3.05, 3.63) is 65.7 Å². The Kier molecular flexibility index (Phi) is 7.24. The fourth-order valence-electron chi connectivity index (χ4n) is 4.42. The number of amides is 3. The molecule has 1 heterocycles. The molecule has 1 saturated heterocycles. The summed E-state index contributed by atoms with van der Waals surface area (Å²) in [5, 5.41) is 2.06. The number of alkyl halides is 2. The largest absolute Gasteiger partial charge is 0.452 e. The number of rotatable bonds is 6. The Morgan fingerprint density at radius 2 is 1.53 bits per heavy atom. The molecule has 7 nitrogen and oxygen atoms in total. The van der Waals surface area contributed by atoms with Gasteiger partial charge in [-0.2, -0.15) is 0 Å². The summed E-state index contributed by atoms with van der Waals surface area (Å²) >= 11 is 12.4. The SMILES string of the molecule is C[C@H](NC(=O)COC(=O)c1ccc(N2C(=O)[C@H]3C[C@H](Cl)[C@@H](Cl)C[C@H]3C2=O)cc1)c1ccccc1. The molecule has 34 heavy (non-hydrogen) atoms. The van der Waals surface area contributed by atoms with Crippen molar-refractivity contribution in [3.63, 3.8) is 0 Å². The molecule has 0 unspecified atom stereocenters. The quantitative estimate of drug-likeness (QED) is 0.368. The van der Waals surface area contributed by atoms with Gasteiger partial charge in [0.15, 0.2) is 6.61 Å². The number of nitrogens with zero attached hydrogens (tertiary/aromatic N) is 1. The standard InChI is InChI=1S/C25H24Cl2N2O5/c1-14(15-5-3-2-4-6-15)28-22(30)13-34-25(33)16-7-9-17(10-8-16)29-23(31)18-11-20(26)21(27)12-19(18)24(29)32/h2-10,14,18-21H,11-13H2,1H3,(H,28,30)/t14-,18-,19+,20-,21-/m0/s1. The number of nitrogens with one attached hydrogen (secondary N) is 1. The molecule has 4 rings (SSSR count). The summed E-state index contributed by atoms with van der Waals surface area (Å²) in [6.45, 7) is 1.41. The summed E-state index contributed by atoms with van der Waals surface area (Å²) in [4.78, 5) is 51.4. The number of hydrogen-bond acceptors (Lipinski definition) is 5. The summed E-state index contributed by atoms with van der Waals surface area (Å²) in [7, 11) is 0. The summed E-state index contributed by atoms with van der Waals surface area (Å²) in [5.41, 5.74) is 1.50. The highest BCUT2D eigenvalue weighted by atomic mass is 35.5. The minimum Gasteiger partial charge on any atom is -0.452 e. The maximum atomic E-state index is 12.9. The zero-order chi connectivity index (χ0) is 24.4. The van der Waals surface area contributed by atoms with E-state index in [1.54, 1.807) is 0 Å². The molecule has 1 aliphatic carbocycles. The van der Waals surface area contributed by atoms with E-state index in [1.807, 2.05) is 37.3 Å². The molecule has 0 radical (unpaired) electrons. The molecule has 2 aromatic carbocycles. The topological polar surface area (TPSA) is 92.8 Å². The minimum absolute atomic E-state index is 0.200. The van der Waals surface area contributed by atoms with E-state index in [1.165, 1.54) is 24.3 Å². The maximum Gasteiger partial charge on any atom is 0.338 e. The predicted molar refractivity (Wildman–Crippen MR) is 128 cm³/mol. The third-order valence-electron chi connectivity index (χ3n) is 6.28. The van der Waals surface area contributed by atoms with E-state index >= 15 is 0 Å². The Morgan fingerprint density at radius 1 is 0.971 bits per heavy atom. The number of imide groups is 1. The van der Waals surface area contributed by atoms with Crippen molar-refractivity contribution in [2.45, 2.75) is 36.6 Å². The lowest BCUT2D eigenvalue weighted by Gasteiger charge is -2.28. The van der Waals surface area contributed by atoms with Gasteiger partial charge in [-0.05, 0) is 49.6 Å². The van der Waals surface area contributed by atoms with Crippen molar-refractivity contribution in [3.8, 4) is 0 Å². The Morgan fingerprint density at radius 3 is 2.09 bits per heavy atom. The average molecular weight is 503 g/mol. The van der Waals surface area contributed by atoms with Crippen LogP contribution in [0.2, 0.25) is 0 Å². The van der Waals surface area contributed by atoms with Crippen molar-refractivity contribution in [2.75, 3.05) is 11.5 Å². The first-order valence-corrected chi connectivity index (χ1v) is 11.9. The van der Waals surface area contributed by atoms with Gasteiger partial charge < -0.3 is 10.1 Å². The Labute approximate surface area is 207 Å². The lowest BCUT2D eigenvalue weighted by Crippen LogP contribution is -2.34. The molecular formula is C25H24Cl2N2O5. The van der Waals surface area contributed by atoms with Crippen molar-refractivity contribution in [1.29, 1.82) is 0 Å². The molecule has 5 atom stereocenters. The Hall–Kier alpha value is -2.90. The first-order chi connectivity index (χ1) is 16.3. The fourth-order valence-corrected chi connectivity index (χ4v) is 5.01. The predicted octanol–water partition coefficient (Wildman–Crippen LogP) is 3.84. The highest BCUT2D eigenvalue weighted by molar-refractivity contribution is 6.31. The summed E-state index contributed by atoms with van der Waals surface area (Å²) < 4.78 is 5.11. The molecule has 2 fully saturated rings. The second-order valence-corrected chi connectivity index (χ2v) is 9.67. The third kappa shape index (κ3) is 4.95. The van der Waals surface area contributed by atoms with E-state index in [4.69, 9.17) is 27.9 Å². The molecule has 178 valence electrons. The minimum atomic E-state index is -0.684. The van der Waals surface area contributed by atoms with Crippen LogP contribution in [-0.4, -0.2) is 41.1 Å². The van der Waals surface area contributed by atoms with E-state index in [-0.39, 0.29) is 34.2 Å². The van der Waals surface area contributed by atoms with Crippen molar-refractivity contribution >= 4 is 52.6 Å². The van der Waals surface area contributed by atoms with Crippen LogP contribution in [0.1, 0.15) is 41.7 Å². The van der Waals surface area contributed by atoms with Crippen LogP contribution in [0.5, 0.6) is 0 Å². The van der Waals surface area contributed by atoms with Gasteiger partial charge in [0.2, 0.25) is 11.8 Å². The number of ether oxygens (including phenoxy) is 1. The zero-order valence-corrected chi connectivity index (χ0v) is 20.0. The molecule has 2 aliphatic rings. The lowest BCUT2D eigenvalue weighted by molar-refractivity contribution is -0.125. The van der Waals surface area contributed by atoms with Gasteiger partial charge in [-0.3, -0.25) is 19.3 Å². The van der Waals surface area contributed by atoms with E-state index in [9.17, 15) is 19.2 Å². The number of benzene rings is 2. The van der Waals surface area contributed by atoms with Gasteiger partial charge in [0.05, 0.1) is 39.9 Å². The highest BCUT2D eigenvalue weighted by Gasteiger charge is 2.52. The van der Waals surface area contributed by atoms with Crippen LogP contribution in [0.3, 0.4) is 0 Å². The number of fused-ring (bicyclic) bond motifs is 1. The number of halogens is 2. The van der Waals surface area contributed by atoms with Gasteiger partial charge in [-0.15, -0.1) is 23.2 Å². The van der Waals surface area contributed by atoms with Crippen LogP contribution in [0.4, 0.5) is 5.69 Å². The molecule has 9 heteroatoms. The van der Waals surface area contributed by atoms with E-state index in [2.05, 4.69) is 5.32 Å². The summed E-state index contributed by atoms with van der Waals surface area (Å²) in [6, 6.07) is 15.1. The summed E-state index contributed by atoms with van der Waals surface area (Å²) in [5.74, 6) is -2.67. The third-order valence-corrected chi connectivity index (χ3v) is 7.38. The Balaban J connectivity index is 1.34. The molecule has 3 amide bonds. The van der Waals surface area contributed by atoms with Crippen LogP contribution in [0.15, 0.2) is 54.6 Å². The molecule has 0 spiro atoms. The maximum absolute atomic E-state index is 12.9. The van der Waals surface area contributed by atoms with Crippen LogP contribution >= 0.6 is 23.2 Å². The number of anilines is 1.